The van der Waals surface area contributed by atoms with E-state index in [9.17, 15) is 4.79 Å². The first-order valence-corrected chi connectivity index (χ1v) is 12.1. The van der Waals surface area contributed by atoms with E-state index in [1.807, 2.05) is 36.5 Å². The Balaban J connectivity index is 1.18. The van der Waals surface area contributed by atoms with Gasteiger partial charge in [-0.2, -0.15) is 0 Å². The van der Waals surface area contributed by atoms with Crippen molar-refractivity contribution >= 4 is 29.2 Å². The number of carbonyl (C=O) groups excluding carboxylic acids is 1. The zero-order valence-electron chi connectivity index (χ0n) is 20.6. The number of carbonyl (C=O) groups is 1. The van der Waals surface area contributed by atoms with Crippen LogP contribution in [0.5, 0.6) is 0 Å². The molecule has 1 amide bonds. The molecule has 0 aromatic carbocycles. The van der Waals surface area contributed by atoms with Crippen LogP contribution in [-0.4, -0.2) is 64.6 Å². The Kier molecular flexibility index (Phi) is 6.23. The van der Waals surface area contributed by atoms with E-state index in [2.05, 4.69) is 60.7 Å². The molecule has 2 aliphatic rings. The van der Waals surface area contributed by atoms with Gasteiger partial charge in [0.25, 0.3) is 5.91 Å². The van der Waals surface area contributed by atoms with Crippen molar-refractivity contribution in [2.75, 3.05) is 52.7 Å². The Hall–Kier alpha value is -3.75. The number of nitrogens with zero attached hydrogens (tertiary/aromatic N) is 7. The lowest BCUT2D eigenvalue weighted by Crippen LogP contribution is -2.53. The van der Waals surface area contributed by atoms with Crippen LogP contribution >= 0.6 is 0 Å². The average Bonchev–Trinajstić information content (AvgIpc) is 3.25. The van der Waals surface area contributed by atoms with Crippen LogP contribution in [0.3, 0.4) is 0 Å². The molecule has 5 heterocycles. The lowest BCUT2D eigenvalue weighted by Gasteiger charge is -2.40. The number of hydrogen-bond donors (Lipinski definition) is 1. The normalized spacial score (nSPS) is 19.6. The van der Waals surface area contributed by atoms with Crippen LogP contribution in [0, 0.1) is 5.41 Å². The molecule has 182 valence electrons. The van der Waals surface area contributed by atoms with Crippen LogP contribution in [0.25, 0.3) is 0 Å². The zero-order chi connectivity index (χ0) is 24.4. The molecule has 2 saturated heterocycles. The second-order valence-electron chi connectivity index (χ2n) is 10.1. The van der Waals surface area contributed by atoms with Gasteiger partial charge in [0.2, 0.25) is 5.95 Å². The largest absolute Gasteiger partial charge is 0.356 e. The van der Waals surface area contributed by atoms with E-state index in [-0.39, 0.29) is 11.9 Å². The van der Waals surface area contributed by atoms with Crippen molar-refractivity contribution in [3.8, 4) is 0 Å². The summed E-state index contributed by atoms with van der Waals surface area (Å²) in [7, 11) is 0. The molecule has 0 saturated carbocycles. The number of anilines is 4. The lowest BCUT2D eigenvalue weighted by atomic mass is 9.93. The molecule has 1 N–H and O–H groups in total. The summed E-state index contributed by atoms with van der Waals surface area (Å²) in [6.45, 7) is 11.2. The van der Waals surface area contributed by atoms with Crippen LogP contribution in [0.15, 0.2) is 55.1 Å². The van der Waals surface area contributed by atoms with Crippen molar-refractivity contribution < 1.29 is 4.79 Å². The number of aromatic nitrogens is 4. The van der Waals surface area contributed by atoms with Crippen molar-refractivity contribution in [1.29, 1.82) is 0 Å². The van der Waals surface area contributed by atoms with Crippen LogP contribution in [0.2, 0.25) is 0 Å². The van der Waals surface area contributed by atoms with Gasteiger partial charge in [-0.25, -0.2) is 19.9 Å². The Morgan fingerprint density at radius 3 is 2.37 bits per heavy atom. The SMILES string of the molecule is C[C@H]1CN(c2ccccn2)CCN1c1ncc(NC(=O)c2ccc(N3CCC(C)(C)C3)nc2)cn1. The highest BCUT2D eigenvalue weighted by Gasteiger charge is 2.30. The fourth-order valence-corrected chi connectivity index (χ4v) is 4.76. The molecule has 0 aliphatic carbocycles. The molecule has 35 heavy (non-hydrogen) atoms. The molecule has 2 fully saturated rings. The maximum absolute atomic E-state index is 12.7. The molecule has 0 spiro atoms. The molecule has 3 aromatic heterocycles. The van der Waals surface area contributed by atoms with Crippen molar-refractivity contribution in [2.45, 2.75) is 33.2 Å². The average molecular weight is 473 g/mol. The van der Waals surface area contributed by atoms with E-state index in [4.69, 9.17) is 0 Å². The maximum Gasteiger partial charge on any atom is 0.257 e. The highest BCUT2D eigenvalue weighted by atomic mass is 16.1. The smallest absolute Gasteiger partial charge is 0.257 e. The number of nitrogens with one attached hydrogen (secondary N) is 1. The third-order valence-corrected chi connectivity index (χ3v) is 6.77. The second-order valence-corrected chi connectivity index (χ2v) is 10.1. The summed E-state index contributed by atoms with van der Waals surface area (Å²) in [4.78, 5) is 37.5. The van der Waals surface area contributed by atoms with Crippen molar-refractivity contribution in [1.82, 2.24) is 19.9 Å². The summed E-state index contributed by atoms with van der Waals surface area (Å²) >= 11 is 0. The molecule has 0 radical (unpaired) electrons. The number of pyridine rings is 2. The monoisotopic (exact) mass is 472 g/mol. The van der Waals surface area contributed by atoms with Gasteiger partial charge in [0.15, 0.2) is 0 Å². The molecule has 2 aliphatic heterocycles. The molecule has 9 heteroatoms. The lowest BCUT2D eigenvalue weighted by molar-refractivity contribution is 0.102. The summed E-state index contributed by atoms with van der Waals surface area (Å²) in [6, 6.07) is 9.94. The second kappa shape index (κ2) is 9.48. The molecule has 3 aromatic rings. The minimum atomic E-state index is -0.223. The van der Waals surface area contributed by atoms with Crippen molar-refractivity contribution in [3.05, 3.63) is 60.7 Å². The van der Waals surface area contributed by atoms with Crippen LogP contribution in [-0.2, 0) is 0 Å². The van der Waals surface area contributed by atoms with E-state index in [1.54, 1.807) is 18.6 Å². The number of amides is 1. The Morgan fingerprint density at radius 1 is 0.943 bits per heavy atom. The van der Waals surface area contributed by atoms with Crippen molar-refractivity contribution in [3.63, 3.8) is 0 Å². The zero-order valence-corrected chi connectivity index (χ0v) is 20.6. The minimum absolute atomic E-state index is 0.223. The molecule has 5 rings (SSSR count). The maximum atomic E-state index is 12.7. The predicted molar refractivity (Wildman–Crippen MR) is 138 cm³/mol. The third-order valence-electron chi connectivity index (χ3n) is 6.77. The highest BCUT2D eigenvalue weighted by Crippen LogP contribution is 2.31. The van der Waals surface area contributed by atoms with Gasteiger partial charge >= 0.3 is 0 Å². The minimum Gasteiger partial charge on any atom is -0.356 e. The molecular weight excluding hydrogens is 440 g/mol. The molecular formula is C26H32N8O. The summed E-state index contributed by atoms with van der Waals surface area (Å²) in [6.07, 6.45) is 7.92. The number of hydrogen-bond acceptors (Lipinski definition) is 8. The van der Waals surface area contributed by atoms with Gasteiger partial charge in [0, 0.05) is 51.2 Å². The summed E-state index contributed by atoms with van der Waals surface area (Å²) in [5.74, 6) is 2.34. The van der Waals surface area contributed by atoms with Gasteiger partial charge in [-0.1, -0.05) is 19.9 Å². The Labute approximate surface area is 206 Å². The molecule has 1 atom stereocenters. The topological polar surface area (TPSA) is 90.4 Å². The highest BCUT2D eigenvalue weighted by molar-refractivity contribution is 6.04. The summed E-state index contributed by atoms with van der Waals surface area (Å²) in [5, 5.41) is 2.88. The van der Waals surface area contributed by atoms with E-state index < -0.39 is 0 Å². The van der Waals surface area contributed by atoms with Gasteiger partial charge in [-0.05, 0) is 43.0 Å². The van der Waals surface area contributed by atoms with E-state index in [0.717, 1.165) is 50.8 Å². The van der Waals surface area contributed by atoms with Crippen molar-refractivity contribution in [2.24, 2.45) is 5.41 Å². The van der Waals surface area contributed by atoms with E-state index >= 15 is 0 Å². The first-order valence-electron chi connectivity index (χ1n) is 12.1. The summed E-state index contributed by atoms with van der Waals surface area (Å²) < 4.78 is 0. The fourth-order valence-electron chi connectivity index (χ4n) is 4.76. The van der Waals surface area contributed by atoms with Crippen LogP contribution in [0.1, 0.15) is 37.6 Å². The van der Waals surface area contributed by atoms with Gasteiger partial charge < -0.3 is 20.0 Å². The van der Waals surface area contributed by atoms with Gasteiger partial charge in [-0.15, -0.1) is 0 Å². The molecule has 0 bridgehead atoms. The molecule has 0 unspecified atom stereocenters. The van der Waals surface area contributed by atoms with Gasteiger partial charge in [-0.3, -0.25) is 4.79 Å². The first-order chi connectivity index (χ1) is 16.9. The Morgan fingerprint density at radius 2 is 1.74 bits per heavy atom. The van der Waals surface area contributed by atoms with E-state index in [0.29, 0.717) is 22.6 Å². The number of rotatable bonds is 5. The predicted octanol–water partition coefficient (Wildman–Crippen LogP) is 3.47. The third kappa shape index (κ3) is 5.18. The standard InChI is InChI=1S/C26H32N8O/c1-19-17-32(22-6-4-5-10-27-22)12-13-34(19)25-29-15-21(16-30-25)31-24(35)20-7-8-23(28-14-20)33-11-9-26(2,3)18-33/h4-8,10,14-16,19H,9,11-13,17-18H2,1-3H3,(H,31,35)/t19-/m0/s1. The van der Waals surface area contributed by atoms with Gasteiger partial charge in [0.05, 0.1) is 23.6 Å². The van der Waals surface area contributed by atoms with Gasteiger partial charge in [0.1, 0.15) is 11.6 Å². The number of piperazine rings is 1. The van der Waals surface area contributed by atoms with Crippen LogP contribution < -0.4 is 20.0 Å². The van der Waals surface area contributed by atoms with Crippen LogP contribution in [0.4, 0.5) is 23.3 Å². The molecule has 9 nitrogen and oxygen atoms in total. The Bertz CT molecular complexity index is 1150. The first kappa shape index (κ1) is 23.0. The fraction of sp³-hybridized carbons (Fsp3) is 0.423. The summed E-state index contributed by atoms with van der Waals surface area (Å²) in [5.41, 5.74) is 1.37. The van der Waals surface area contributed by atoms with E-state index in [1.165, 1.54) is 0 Å². The quantitative estimate of drug-likeness (QED) is 0.604.